The average molecular weight is 208 g/mol. The smallest absolute Gasteiger partial charge is 0.0199 e. The zero-order chi connectivity index (χ0) is 10.8. The number of hydrogen-bond acceptors (Lipinski definition) is 2. The van der Waals surface area contributed by atoms with Gasteiger partial charge in [-0.1, -0.05) is 12.0 Å². The molecular formula is C13H24N2. The van der Waals surface area contributed by atoms with E-state index in [1.807, 2.05) is 0 Å². The molecule has 0 bridgehead atoms. The lowest BCUT2D eigenvalue weighted by atomic mass is 9.95. The molecule has 0 aromatic carbocycles. The molecule has 2 rings (SSSR count). The van der Waals surface area contributed by atoms with Gasteiger partial charge in [0.05, 0.1) is 0 Å². The van der Waals surface area contributed by atoms with Crippen LogP contribution in [0.5, 0.6) is 0 Å². The van der Waals surface area contributed by atoms with Gasteiger partial charge in [-0.05, 0) is 39.2 Å². The highest BCUT2D eigenvalue weighted by atomic mass is 15.2. The topological polar surface area (TPSA) is 15.3 Å². The predicted octanol–water partition coefficient (Wildman–Crippen LogP) is 2.17. The first-order valence-electron chi connectivity index (χ1n) is 6.32. The maximum atomic E-state index is 3.33. The summed E-state index contributed by atoms with van der Waals surface area (Å²) in [6, 6.07) is 1.55. The summed E-state index contributed by atoms with van der Waals surface area (Å²) in [5.41, 5.74) is 3.24. The molecule has 2 heteroatoms. The van der Waals surface area contributed by atoms with Crippen LogP contribution in [0.15, 0.2) is 11.1 Å². The van der Waals surface area contributed by atoms with Gasteiger partial charge in [-0.3, -0.25) is 4.90 Å². The highest BCUT2D eigenvalue weighted by molar-refractivity contribution is 5.22. The molecule has 1 N–H and O–H groups in total. The first-order chi connectivity index (χ1) is 7.18. The Balaban J connectivity index is 1.96. The Hall–Kier alpha value is -0.340. The Labute approximate surface area is 93.7 Å². The Morgan fingerprint density at radius 1 is 1.27 bits per heavy atom. The third-order valence-electron chi connectivity index (χ3n) is 4.08. The molecule has 0 aromatic rings. The minimum absolute atomic E-state index is 0.775. The molecule has 0 aliphatic carbocycles. The molecule has 2 aliphatic rings. The lowest BCUT2D eigenvalue weighted by molar-refractivity contribution is 0.115. The van der Waals surface area contributed by atoms with Crippen molar-refractivity contribution in [3.63, 3.8) is 0 Å². The van der Waals surface area contributed by atoms with Crippen LogP contribution >= 0.6 is 0 Å². The Kier molecular flexibility index (Phi) is 3.47. The molecule has 2 heterocycles. The number of piperidine rings is 1. The first kappa shape index (κ1) is 11.2. The van der Waals surface area contributed by atoms with Gasteiger partial charge in [0, 0.05) is 31.7 Å². The van der Waals surface area contributed by atoms with E-state index in [1.54, 1.807) is 11.1 Å². The van der Waals surface area contributed by atoms with Crippen molar-refractivity contribution in [3.05, 3.63) is 11.1 Å². The maximum Gasteiger partial charge on any atom is 0.0199 e. The van der Waals surface area contributed by atoms with Crippen LogP contribution in [0.3, 0.4) is 0 Å². The fourth-order valence-corrected chi connectivity index (χ4v) is 2.72. The highest BCUT2D eigenvalue weighted by Crippen LogP contribution is 2.24. The normalized spacial score (nSPS) is 32.6. The second-order valence-electron chi connectivity index (χ2n) is 5.29. The van der Waals surface area contributed by atoms with Crippen LogP contribution < -0.4 is 5.32 Å². The number of likely N-dealkylation sites (tertiary alicyclic amines) is 1. The van der Waals surface area contributed by atoms with Gasteiger partial charge in [0.1, 0.15) is 0 Å². The quantitative estimate of drug-likeness (QED) is 0.700. The van der Waals surface area contributed by atoms with Crippen molar-refractivity contribution in [2.45, 2.75) is 52.1 Å². The van der Waals surface area contributed by atoms with Crippen molar-refractivity contribution in [2.75, 3.05) is 19.6 Å². The summed E-state index contributed by atoms with van der Waals surface area (Å²) in [4.78, 5) is 2.68. The number of nitrogens with zero attached hydrogens (tertiary/aromatic N) is 1. The van der Waals surface area contributed by atoms with Crippen molar-refractivity contribution < 1.29 is 0 Å². The fourth-order valence-electron chi connectivity index (χ4n) is 2.72. The van der Waals surface area contributed by atoms with Gasteiger partial charge >= 0.3 is 0 Å². The average Bonchev–Trinajstić information content (AvgIpc) is 2.08. The lowest BCUT2D eigenvalue weighted by Crippen LogP contribution is -2.45. The van der Waals surface area contributed by atoms with E-state index < -0.39 is 0 Å². The third kappa shape index (κ3) is 2.43. The molecule has 0 saturated carbocycles. The SMILES string of the molecule is CC(CN1[C@H](C)CCC[C@@H]1C)=C1CNC1. The van der Waals surface area contributed by atoms with Crippen LogP contribution in [-0.2, 0) is 0 Å². The van der Waals surface area contributed by atoms with Crippen molar-refractivity contribution in [1.29, 1.82) is 0 Å². The van der Waals surface area contributed by atoms with Crippen LogP contribution in [0.1, 0.15) is 40.0 Å². The third-order valence-corrected chi connectivity index (χ3v) is 4.08. The molecule has 2 fully saturated rings. The zero-order valence-electron chi connectivity index (χ0n) is 10.3. The maximum absolute atomic E-state index is 3.33. The summed E-state index contributed by atoms with van der Waals surface area (Å²) in [7, 11) is 0. The van der Waals surface area contributed by atoms with Crippen LogP contribution in [0.25, 0.3) is 0 Å². The largest absolute Gasteiger partial charge is 0.309 e. The van der Waals surface area contributed by atoms with E-state index in [1.165, 1.54) is 25.8 Å². The minimum Gasteiger partial charge on any atom is -0.309 e. The molecule has 0 spiro atoms. The van der Waals surface area contributed by atoms with Crippen molar-refractivity contribution in [3.8, 4) is 0 Å². The minimum atomic E-state index is 0.775. The summed E-state index contributed by atoms with van der Waals surface area (Å²) < 4.78 is 0. The Morgan fingerprint density at radius 2 is 1.87 bits per heavy atom. The van der Waals surface area contributed by atoms with Gasteiger partial charge < -0.3 is 5.32 Å². The number of hydrogen-bond donors (Lipinski definition) is 1. The molecular weight excluding hydrogens is 184 g/mol. The summed E-state index contributed by atoms with van der Waals surface area (Å²) in [5.74, 6) is 0. The molecule has 2 aliphatic heterocycles. The first-order valence-corrected chi connectivity index (χ1v) is 6.32. The van der Waals surface area contributed by atoms with E-state index in [4.69, 9.17) is 0 Å². The van der Waals surface area contributed by atoms with Crippen molar-refractivity contribution >= 4 is 0 Å². The van der Waals surface area contributed by atoms with Gasteiger partial charge in [0.25, 0.3) is 0 Å². The van der Waals surface area contributed by atoms with Gasteiger partial charge in [0.15, 0.2) is 0 Å². The lowest BCUT2D eigenvalue weighted by Gasteiger charge is -2.40. The molecule has 15 heavy (non-hydrogen) atoms. The molecule has 0 aromatic heterocycles. The van der Waals surface area contributed by atoms with Crippen molar-refractivity contribution in [1.82, 2.24) is 10.2 Å². The van der Waals surface area contributed by atoms with E-state index in [2.05, 4.69) is 31.0 Å². The zero-order valence-corrected chi connectivity index (χ0v) is 10.3. The molecule has 0 amide bonds. The van der Waals surface area contributed by atoms with E-state index in [-0.39, 0.29) is 0 Å². The molecule has 0 radical (unpaired) electrons. The van der Waals surface area contributed by atoms with Crippen LogP contribution in [-0.4, -0.2) is 36.6 Å². The van der Waals surface area contributed by atoms with Gasteiger partial charge in [0.2, 0.25) is 0 Å². The van der Waals surface area contributed by atoms with E-state index >= 15 is 0 Å². The molecule has 86 valence electrons. The summed E-state index contributed by atoms with van der Waals surface area (Å²) >= 11 is 0. The van der Waals surface area contributed by atoms with Crippen LogP contribution in [0.2, 0.25) is 0 Å². The summed E-state index contributed by atoms with van der Waals surface area (Å²) in [6.45, 7) is 10.5. The van der Waals surface area contributed by atoms with Gasteiger partial charge in [-0.2, -0.15) is 0 Å². The number of nitrogens with one attached hydrogen (secondary N) is 1. The van der Waals surface area contributed by atoms with E-state index in [0.717, 1.165) is 25.2 Å². The molecule has 2 atom stereocenters. The summed E-state index contributed by atoms with van der Waals surface area (Å²) in [6.07, 6.45) is 4.17. The van der Waals surface area contributed by atoms with Crippen LogP contribution in [0.4, 0.5) is 0 Å². The fraction of sp³-hybridized carbons (Fsp3) is 0.846. The van der Waals surface area contributed by atoms with Gasteiger partial charge in [-0.15, -0.1) is 0 Å². The molecule has 0 unspecified atom stereocenters. The second kappa shape index (κ2) is 4.67. The summed E-state index contributed by atoms with van der Waals surface area (Å²) in [5, 5.41) is 3.33. The van der Waals surface area contributed by atoms with E-state index in [9.17, 15) is 0 Å². The Morgan fingerprint density at radius 3 is 2.33 bits per heavy atom. The van der Waals surface area contributed by atoms with Crippen LogP contribution in [0, 0.1) is 0 Å². The Bertz CT molecular complexity index is 241. The van der Waals surface area contributed by atoms with Crippen molar-refractivity contribution in [2.24, 2.45) is 0 Å². The second-order valence-corrected chi connectivity index (χ2v) is 5.29. The molecule has 2 nitrogen and oxygen atoms in total. The number of rotatable bonds is 2. The highest BCUT2D eigenvalue weighted by Gasteiger charge is 2.25. The van der Waals surface area contributed by atoms with Gasteiger partial charge in [-0.25, -0.2) is 0 Å². The molecule has 2 saturated heterocycles. The standard InChI is InChI=1S/C13H24N2/c1-10(13-7-14-8-13)9-15-11(2)5-4-6-12(15)3/h11-12,14H,4-9H2,1-3H3/t11-,12+. The van der Waals surface area contributed by atoms with E-state index in [0.29, 0.717) is 0 Å². The predicted molar refractivity (Wildman–Crippen MR) is 65.1 cm³/mol. The monoisotopic (exact) mass is 208 g/mol.